The van der Waals surface area contributed by atoms with Gasteiger partial charge in [0.15, 0.2) is 5.76 Å². The third-order valence-corrected chi connectivity index (χ3v) is 4.48. The van der Waals surface area contributed by atoms with Crippen molar-refractivity contribution >= 4 is 48.7 Å². The number of carbonyl (C=O) groups excluding carboxylic acids is 1. The van der Waals surface area contributed by atoms with E-state index >= 15 is 0 Å². The summed E-state index contributed by atoms with van der Waals surface area (Å²) in [6.45, 7) is 3.30. The Morgan fingerprint density at radius 1 is 1.35 bits per heavy atom. The van der Waals surface area contributed by atoms with Crippen molar-refractivity contribution in [3.63, 3.8) is 0 Å². The molecular formula is C15H14Br2N4O2. The lowest BCUT2D eigenvalue weighted by Gasteiger charge is -2.04. The molecule has 0 spiro atoms. The van der Waals surface area contributed by atoms with E-state index in [1.165, 1.54) is 0 Å². The molecule has 0 aliphatic carbocycles. The number of aryl methyl sites for hydroxylation is 1. The molecule has 1 N–H and O–H groups in total. The predicted octanol–water partition coefficient (Wildman–Crippen LogP) is 3.54. The number of halogens is 2. The van der Waals surface area contributed by atoms with Crippen LogP contribution in [0.3, 0.4) is 0 Å². The Balaban J connectivity index is 1.68. The molecule has 0 saturated carbocycles. The van der Waals surface area contributed by atoms with Crippen LogP contribution >= 0.6 is 31.9 Å². The first-order valence-corrected chi connectivity index (χ1v) is 8.70. The van der Waals surface area contributed by atoms with E-state index < -0.39 is 0 Å². The lowest BCUT2D eigenvalue weighted by molar-refractivity contribution is 0.0928. The SMILES string of the molecule is CCn1cnnc1CCNC(=O)c1cc2cc(Br)cc(Br)c2o1. The van der Waals surface area contributed by atoms with E-state index in [2.05, 4.69) is 47.4 Å². The number of amides is 1. The highest BCUT2D eigenvalue weighted by atomic mass is 79.9. The monoisotopic (exact) mass is 440 g/mol. The lowest BCUT2D eigenvalue weighted by Crippen LogP contribution is -2.26. The molecule has 0 atom stereocenters. The molecule has 0 aliphatic heterocycles. The van der Waals surface area contributed by atoms with Crippen LogP contribution in [0.15, 0.2) is 37.9 Å². The van der Waals surface area contributed by atoms with Crippen molar-refractivity contribution in [2.45, 2.75) is 19.9 Å². The maximum atomic E-state index is 12.2. The maximum Gasteiger partial charge on any atom is 0.287 e. The van der Waals surface area contributed by atoms with Gasteiger partial charge in [0.2, 0.25) is 0 Å². The maximum absolute atomic E-state index is 12.2. The fourth-order valence-electron chi connectivity index (χ4n) is 2.30. The van der Waals surface area contributed by atoms with Gasteiger partial charge in [0, 0.05) is 29.4 Å². The van der Waals surface area contributed by atoms with Crippen LogP contribution in [0.4, 0.5) is 0 Å². The predicted molar refractivity (Wildman–Crippen MR) is 93.3 cm³/mol. The van der Waals surface area contributed by atoms with Crippen molar-refractivity contribution in [1.29, 1.82) is 0 Å². The highest BCUT2D eigenvalue weighted by Crippen LogP contribution is 2.30. The number of nitrogens with zero attached hydrogens (tertiary/aromatic N) is 3. The molecule has 0 radical (unpaired) electrons. The highest BCUT2D eigenvalue weighted by Gasteiger charge is 2.14. The highest BCUT2D eigenvalue weighted by molar-refractivity contribution is 9.11. The van der Waals surface area contributed by atoms with E-state index in [0.29, 0.717) is 18.5 Å². The van der Waals surface area contributed by atoms with Gasteiger partial charge in [-0.15, -0.1) is 10.2 Å². The number of fused-ring (bicyclic) bond motifs is 1. The Bertz CT molecular complexity index is 856. The Hall–Kier alpha value is -1.67. The van der Waals surface area contributed by atoms with Gasteiger partial charge in [0.05, 0.1) is 4.47 Å². The number of hydrogen-bond acceptors (Lipinski definition) is 4. The van der Waals surface area contributed by atoms with Gasteiger partial charge in [-0.05, 0) is 41.1 Å². The number of furan rings is 1. The second kappa shape index (κ2) is 6.84. The fraction of sp³-hybridized carbons (Fsp3) is 0.267. The van der Waals surface area contributed by atoms with Crippen LogP contribution < -0.4 is 5.32 Å². The van der Waals surface area contributed by atoms with Gasteiger partial charge in [-0.1, -0.05) is 15.9 Å². The van der Waals surface area contributed by atoms with Gasteiger partial charge in [-0.3, -0.25) is 4.79 Å². The minimum atomic E-state index is -0.244. The standard InChI is InChI=1S/C15H14Br2N4O2/c1-2-21-8-19-20-13(21)3-4-18-15(22)12-6-9-5-10(16)7-11(17)14(9)23-12/h5-8H,2-4H2,1H3,(H,18,22). The number of aromatic nitrogens is 3. The number of carbonyl (C=O) groups is 1. The van der Waals surface area contributed by atoms with E-state index in [1.54, 1.807) is 12.4 Å². The molecule has 6 nitrogen and oxygen atoms in total. The first-order valence-electron chi connectivity index (χ1n) is 7.12. The molecule has 8 heteroatoms. The van der Waals surface area contributed by atoms with Crippen molar-refractivity contribution in [1.82, 2.24) is 20.1 Å². The summed E-state index contributed by atoms with van der Waals surface area (Å²) in [5, 5.41) is 11.6. The number of rotatable bonds is 5. The first-order chi connectivity index (χ1) is 11.1. The molecule has 0 unspecified atom stereocenters. The zero-order valence-corrected chi connectivity index (χ0v) is 15.5. The smallest absolute Gasteiger partial charge is 0.287 e. The molecule has 1 amide bonds. The van der Waals surface area contributed by atoms with Crippen molar-refractivity contribution < 1.29 is 9.21 Å². The van der Waals surface area contributed by atoms with Crippen LogP contribution in [0.5, 0.6) is 0 Å². The third kappa shape index (κ3) is 3.48. The van der Waals surface area contributed by atoms with Gasteiger partial charge in [-0.25, -0.2) is 0 Å². The molecule has 0 fully saturated rings. The summed E-state index contributed by atoms with van der Waals surface area (Å²) in [4.78, 5) is 12.2. The zero-order valence-electron chi connectivity index (χ0n) is 12.3. The summed E-state index contributed by atoms with van der Waals surface area (Å²) in [6.07, 6.45) is 2.31. The molecule has 2 aromatic heterocycles. The van der Waals surface area contributed by atoms with Gasteiger partial charge >= 0.3 is 0 Å². The van der Waals surface area contributed by atoms with Gasteiger partial charge in [0.1, 0.15) is 17.7 Å². The summed E-state index contributed by atoms with van der Waals surface area (Å²) in [5.41, 5.74) is 0.657. The molecule has 23 heavy (non-hydrogen) atoms. The second-order valence-corrected chi connectivity index (χ2v) is 6.73. The van der Waals surface area contributed by atoms with E-state index in [0.717, 1.165) is 26.7 Å². The van der Waals surface area contributed by atoms with E-state index in [1.807, 2.05) is 23.6 Å². The molecule has 0 bridgehead atoms. The number of nitrogens with one attached hydrogen (secondary N) is 1. The molecular weight excluding hydrogens is 428 g/mol. The largest absolute Gasteiger partial charge is 0.450 e. The Morgan fingerprint density at radius 3 is 2.96 bits per heavy atom. The van der Waals surface area contributed by atoms with E-state index in [-0.39, 0.29) is 11.7 Å². The summed E-state index contributed by atoms with van der Waals surface area (Å²) in [7, 11) is 0. The minimum Gasteiger partial charge on any atom is -0.450 e. The Labute approximate surface area is 149 Å². The van der Waals surface area contributed by atoms with Crippen LogP contribution in [0.25, 0.3) is 11.0 Å². The van der Waals surface area contributed by atoms with E-state index in [9.17, 15) is 4.79 Å². The molecule has 0 aliphatic rings. The summed E-state index contributed by atoms with van der Waals surface area (Å²) in [6, 6.07) is 5.52. The molecule has 0 saturated heterocycles. The Morgan fingerprint density at radius 2 is 2.17 bits per heavy atom. The van der Waals surface area contributed by atoms with E-state index in [4.69, 9.17) is 4.42 Å². The Kier molecular flexibility index (Phi) is 4.82. The van der Waals surface area contributed by atoms with Gasteiger partial charge in [0.25, 0.3) is 5.91 Å². The topological polar surface area (TPSA) is 73.0 Å². The summed E-state index contributed by atoms with van der Waals surface area (Å²) < 4.78 is 9.30. The van der Waals surface area contributed by atoms with Crippen molar-refractivity contribution in [3.05, 3.63) is 45.1 Å². The van der Waals surface area contributed by atoms with Crippen molar-refractivity contribution in [2.75, 3.05) is 6.54 Å². The molecule has 2 heterocycles. The van der Waals surface area contributed by atoms with Crippen LogP contribution in [0, 0.1) is 0 Å². The van der Waals surface area contributed by atoms with Crippen LogP contribution in [0.2, 0.25) is 0 Å². The quantitative estimate of drug-likeness (QED) is 0.657. The molecule has 3 aromatic rings. The summed E-state index contributed by atoms with van der Waals surface area (Å²) in [5.74, 6) is 0.895. The van der Waals surface area contributed by atoms with Crippen molar-refractivity contribution in [3.8, 4) is 0 Å². The van der Waals surface area contributed by atoms with Crippen LogP contribution in [-0.2, 0) is 13.0 Å². The minimum absolute atomic E-state index is 0.244. The first kappa shape index (κ1) is 16.2. The normalized spacial score (nSPS) is 11.1. The van der Waals surface area contributed by atoms with Crippen molar-refractivity contribution in [2.24, 2.45) is 0 Å². The second-order valence-electron chi connectivity index (χ2n) is 4.96. The third-order valence-electron chi connectivity index (χ3n) is 3.43. The zero-order chi connectivity index (χ0) is 16.4. The number of benzene rings is 1. The molecule has 3 rings (SSSR count). The number of hydrogen-bond donors (Lipinski definition) is 1. The fourth-order valence-corrected chi connectivity index (χ4v) is 3.64. The average molecular weight is 442 g/mol. The van der Waals surface area contributed by atoms with Crippen LogP contribution in [-0.4, -0.2) is 27.2 Å². The lowest BCUT2D eigenvalue weighted by atomic mass is 10.2. The van der Waals surface area contributed by atoms with Gasteiger partial charge < -0.3 is 14.3 Å². The molecule has 120 valence electrons. The van der Waals surface area contributed by atoms with Crippen LogP contribution in [0.1, 0.15) is 23.3 Å². The summed E-state index contributed by atoms with van der Waals surface area (Å²) >= 11 is 6.85. The molecule has 1 aromatic carbocycles. The average Bonchev–Trinajstić information content (AvgIpc) is 3.13. The van der Waals surface area contributed by atoms with Gasteiger partial charge in [-0.2, -0.15) is 0 Å².